The smallest absolute Gasteiger partial charge is 0.328 e. The van der Waals surface area contributed by atoms with Crippen molar-refractivity contribution in [1.82, 2.24) is 24.4 Å². The lowest BCUT2D eigenvalue weighted by molar-refractivity contribution is -0.129. The Morgan fingerprint density at radius 1 is 1.02 bits per heavy atom. The first-order valence-electron chi connectivity index (χ1n) is 17.7. The summed E-state index contributed by atoms with van der Waals surface area (Å²) < 4.78 is 29.0. The molecule has 0 unspecified atom stereocenters. The molecule has 15 nitrogen and oxygen atoms in total. The fraction of sp³-hybridized carbons (Fsp3) is 0.421. The highest BCUT2D eigenvalue weighted by molar-refractivity contribution is 7.89. The predicted octanol–water partition coefficient (Wildman–Crippen LogP) is 3.70. The Morgan fingerprint density at radius 2 is 1.70 bits per heavy atom. The van der Waals surface area contributed by atoms with Crippen LogP contribution in [0.3, 0.4) is 0 Å². The van der Waals surface area contributed by atoms with E-state index in [2.05, 4.69) is 20.6 Å². The first-order chi connectivity index (χ1) is 25.7. The third-order valence-corrected chi connectivity index (χ3v) is 11.2. The molecule has 0 spiro atoms. The topological polar surface area (TPSA) is 205 Å². The minimum absolute atomic E-state index is 0.0210. The number of sulfonamides is 1. The molecule has 4 rings (SSSR count). The van der Waals surface area contributed by atoms with Crippen molar-refractivity contribution in [2.45, 2.75) is 77.1 Å². The van der Waals surface area contributed by atoms with E-state index >= 15 is 0 Å². The van der Waals surface area contributed by atoms with Gasteiger partial charge < -0.3 is 25.7 Å². The highest BCUT2D eigenvalue weighted by Gasteiger charge is 2.45. The molecule has 0 bridgehead atoms. The molecule has 1 aromatic heterocycles. The van der Waals surface area contributed by atoms with E-state index < -0.39 is 52.0 Å². The third kappa shape index (κ3) is 10.3. The lowest BCUT2D eigenvalue weighted by atomic mass is 9.95. The highest BCUT2D eigenvalue weighted by atomic mass is 32.2. The number of hydrogen-bond acceptors (Lipinski definition) is 11. The zero-order chi connectivity index (χ0) is 39.6. The van der Waals surface area contributed by atoms with E-state index in [1.54, 1.807) is 26.0 Å². The third-order valence-electron chi connectivity index (χ3n) is 9.33. The maximum absolute atomic E-state index is 14.3. The van der Waals surface area contributed by atoms with E-state index in [0.29, 0.717) is 23.2 Å². The number of aromatic nitrogens is 1. The number of nitrogens with zero attached hydrogens (tertiary/aromatic N) is 6. The van der Waals surface area contributed by atoms with Crippen molar-refractivity contribution < 1.29 is 38.3 Å². The van der Waals surface area contributed by atoms with Crippen LogP contribution in [0, 0.1) is 11.8 Å². The molecule has 1 aliphatic rings. The van der Waals surface area contributed by atoms with Crippen LogP contribution in [0.15, 0.2) is 88.1 Å². The molecule has 54 heavy (non-hydrogen) atoms. The van der Waals surface area contributed by atoms with Gasteiger partial charge in [0.05, 0.1) is 35.5 Å². The molecule has 1 aliphatic heterocycles. The van der Waals surface area contributed by atoms with Crippen LogP contribution in [0.1, 0.15) is 63.4 Å². The van der Waals surface area contributed by atoms with Gasteiger partial charge in [-0.25, -0.2) is 13.2 Å². The summed E-state index contributed by atoms with van der Waals surface area (Å²) in [6, 6.07) is 15.4. The van der Waals surface area contributed by atoms with Crippen LogP contribution in [-0.4, -0.2) is 111 Å². The maximum atomic E-state index is 14.3. The van der Waals surface area contributed by atoms with Gasteiger partial charge in [-0.1, -0.05) is 86.9 Å². The van der Waals surface area contributed by atoms with Crippen LogP contribution in [0.4, 0.5) is 4.79 Å². The fourth-order valence-corrected chi connectivity index (χ4v) is 7.86. The van der Waals surface area contributed by atoms with E-state index in [1.807, 2.05) is 51.1 Å². The lowest BCUT2D eigenvalue weighted by Crippen LogP contribution is -2.57. The van der Waals surface area contributed by atoms with Crippen LogP contribution in [0.25, 0.3) is 0 Å². The quantitative estimate of drug-likeness (QED) is 0.0644. The van der Waals surface area contributed by atoms with Crippen molar-refractivity contribution in [3.63, 3.8) is 0 Å². The van der Waals surface area contributed by atoms with Crippen LogP contribution < -0.4 is 5.32 Å². The molecule has 4 atom stereocenters. The van der Waals surface area contributed by atoms with Gasteiger partial charge in [-0.3, -0.25) is 19.5 Å². The molecule has 3 aromatic rings. The van der Waals surface area contributed by atoms with Gasteiger partial charge in [-0.2, -0.15) is 4.31 Å². The van der Waals surface area contributed by atoms with Gasteiger partial charge in [0, 0.05) is 19.3 Å². The molecule has 2 aromatic carbocycles. The minimum Gasteiger partial charge on any atom is -0.411 e. The number of urea groups is 1. The number of amides is 4. The van der Waals surface area contributed by atoms with Crippen LogP contribution in [0.2, 0.25) is 0 Å². The summed E-state index contributed by atoms with van der Waals surface area (Å²) in [6.45, 7) is 8.22. The number of pyridine rings is 1. The monoisotopic (exact) mass is 763 g/mol. The molecular weight excluding hydrogens is 715 g/mol. The number of benzene rings is 2. The molecule has 0 aliphatic carbocycles. The summed E-state index contributed by atoms with van der Waals surface area (Å²) >= 11 is 0. The summed E-state index contributed by atoms with van der Waals surface area (Å²) in [5.41, 5.74) is 2.46. The number of oxime groups is 2. The average molecular weight is 764 g/mol. The van der Waals surface area contributed by atoms with E-state index in [4.69, 9.17) is 10.4 Å². The van der Waals surface area contributed by atoms with Gasteiger partial charge >= 0.3 is 6.03 Å². The van der Waals surface area contributed by atoms with E-state index in [-0.39, 0.29) is 49.1 Å². The van der Waals surface area contributed by atoms with Gasteiger partial charge in [-0.15, -0.1) is 0 Å². The Morgan fingerprint density at radius 3 is 2.31 bits per heavy atom. The van der Waals surface area contributed by atoms with Crippen molar-refractivity contribution in [2.75, 3.05) is 19.6 Å². The Balaban J connectivity index is 1.62. The van der Waals surface area contributed by atoms with Crippen molar-refractivity contribution in [3.05, 3.63) is 95.3 Å². The standard InChI is InChI=1S/C38H49N7O8S/c1-6-26(4)36(45-24-35(47)44(38(45)49)22-30-16-17-39-32(19-30)27(5)42-51)37(48)41-33(18-28-10-8-7-9-11-28)34(46)23-43(21-25(2)3)54(52,53)31-14-12-29(13-15-31)20-40-50/h7-17,19-20,25-26,33-34,36,46,50-51H,6,18,21-24H2,1-5H3,(H,41,48)/b40-20+,42-27+/t26-,33-,34+,36-/m0/s1. The summed E-state index contributed by atoms with van der Waals surface area (Å²) in [5, 5.41) is 38.9. The Labute approximate surface area is 316 Å². The van der Waals surface area contributed by atoms with E-state index in [1.165, 1.54) is 45.9 Å². The Kier molecular flexibility index (Phi) is 14.4. The molecule has 0 radical (unpaired) electrons. The van der Waals surface area contributed by atoms with Gasteiger partial charge in [0.2, 0.25) is 15.9 Å². The molecule has 4 amide bonds. The summed E-state index contributed by atoms with van der Waals surface area (Å²) in [7, 11) is -4.12. The SMILES string of the molecule is CC[C@H](C)[C@@H](C(=O)N[C@@H](Cc1ccccc1)[C@H](O)CN(CC(C)C)S(=O)(=O)c1ccc(/C=N/O)cc1)N1CC(=O)N(Cc2ccnc(/C(C)=N/O)c2)C1=O. The summed E-state index contributed by atoms with van der Waals surface area (Å²) in [5.74, 6) is -1.60. The van der Waals surface area contributed by atoms with Crippen molar-refractivity contribution in [2.24, 2.45) is 22.1 Å². The van der Waals surface area contributed by atoms with Gasteiger partial charge in [0.15, 0.2) is 0 Å². The number of carbonyl (C=O) groups excluding carboxylic acids is 3. The molecular formula is C38H49N7O8S. The zero-order valence-corrected chi connectivity index (χ0v) is 31.9. The van der Waals surface area contributed by atoms with Crippen molar-refractivity contribution in [1.29, 1.82) is 0 Å². The molecule has 1 fully saturated rings. The van der Waals surface area contributed by atoms with Crippen LogP contribution in [0.5, 0.6) is 0 Å². The second-order valence-electron chi connectivity index (χ2n) is 13.9. The molecule has 16 heteroatoms. The molecule has 1 saturated heterocycles. The van der Waals surface area contributed by atoms with Crippen LogP contribution in [-0.2, 0) is 32.6 Å². The minimum atomic E-state index is -4.12. The van der Waals surface area contributed by atoms with E-state index in [9.17, 15) is 27.9 Å². The van der Waals surface area contributed by atoms with Crippen LogP contribution >= 0.6 is 0 Å². The van der Waals surface area contributed by atoms with E-state index in [0.717, 1.165) is 10.5 Å². The molecule has 4 N–H and O–H groups in total. The number of aliphatic hydroxyl groups is 1. The van der Waals surface area contributed by atoms with Crippen molar-refractivity contribution in [3.8, 4) is 0 Å². The lowest BCUT2D eigenvalue weighted by Gasteiger charge is -2.34. The van der Waals surface area contributed by atoms with Gasteiger partial charge in [0.1, 0.15) is 18.3 Å². The summed E-state index contributed by atoms with van der Waals surface area (Å²) in [4.78, 5) is 47.9. The molecule has 2 heterocycles. The maximum Gasteiger partial charge on any atom is 0.328 e. The number of hydrogen-bond donors (Lipinski definition) is 4. The average Bonchev–Trinajstić information content (AvgIpc) is 3.42. The Hall–Kier alpha value is -5.19. The molecule has 290 valence electrons. The normalized spacial score (nSPS) is 16.3. The van der Waals surface area contributed by atoms with Crippen molar-refractivity contribution >= 4 is 39.8 Å². The number of nitrogens with one attached hydrogen (secondary N) is 1. The zero-order valence-electron chi connectivity index (χ0n) is 31.1. The van der Waals surface area contributed by atoms with Gasteiger partial charge in [0.25, 0.3) is 5.91 Å². The predicted molar refractivity (Wildman–Crippen MR) is 202 cm³/mol. The van der Waals surface area contributed by atoms with Gasteiger partial charge in [-0.05, 0) is 66.1 Å². The fourth-order valence-electron chi connectivity index (χ4n) is 6.24. The number of imide groups is 1. The first kappa shape index (κ1) is 41.6. The highest BCUT2D eigenvalue weighted by Crippen LogP contribution is 2.25. The Bertz CT molecular complexity index is 1920. The largest absolute Gasteiger partial charge is 0.411 e. The second kappa shape index (κ2) is 18.7. The number of carbonyl (C=O) groups is 3. The first-order valence-corrected chi connectivity index (χ1v) is 19.2. The number of aliphatic hydroxyl groups excluding tert-OH is 1. The summed E-state index contributed by atoms with van der Waals surface area (Å²) in [6.07, 6.45) is 1.89. The number of rotatable bonds is 18. The molecule has 0 saturated carbocycles. The second-order valence-corrected chi connectivity index (χ2v) is 15.8.